The summed E-state index contributed by atoms with van der Waals surface area (Å²) >= 11 is 0. The van der Waals surface area contributed by atoms with Gasteiger partial charge in [0.25, 0.3) is 0 Å². The van der Waals surface area contributed by atoms with E-state index in [0.29, 0.717) is 26.3 Å². The molecule has 22 heavy (non-hydrogen) atoms. The van der Waals surface area contributed by atoms with Crippen molar-refractivity contribution in [3.63, 3.8) is 0 Å². The van der Waals surface area contributed by atoms with Gasteiger partial charge in [-0.25, -0.2) is 13.2 Å². The third kappa shape index (κ3) is 3.96. The van der Waals surface area contributed by atoms with Gasteiger partial charge >= 0.3 is 0 Å². The lowest BCUT2D eigenvalue weighted by Crippen LogP contribution is -2.45. The van der Waals surface area contributed by atoms with Crippen LogP contribution >= 0.6 is 0 Å². The molecule has 1 amide bonds. The first-order chi connectivity index (χ1) is 10.5. The van der Waals surface area contributed by atoms with E-state index in [2.05, 4.69) is 5.32 Å². The van der Waals surface area contributed by atoms with E-state index >= 15 is 0 Å². The van der Waals surface area contributed by atoms with Crippen molar-refractivity contribution in [3.8, 4) is 0 Å². The molecule has 122 valence electrons. The quantitative estimate of drug-likeness (QED) is 0.780. The number of benzene rings is 1. The van der Waals surface area contributed by atoms with Crippen LogP contribution in [-0.2, 0) is 9.53 Å². The predicted octanol–water partition coefficient (Wildman–Crippen LogP) is 0.586. The first-order valence-electron chi connectivity index (χ1n) is 6.87. The molecule has 1 aromatic carbocycles. The zero-order chi connectivity index (χ0) is 16.1. The number of hydrogen-bond donors (Lipinski definition) is 2. The summed E-state index contributed by atoms with van der Waals surface area (Å²) in [5, 5.41) is 12.0. The summed E-state index contributed by atoms with van der Waals surface area (Å²) in [6.07, 6.45) is 0. The number of nitrogens with zero attached hydrogens (tertiary/aromatic N) is 1. The highest BCUT2D eigenvalue weighted by molar-refractivity contribution is 5.78. The Morgan fingerprint density at radius 1 is 1.27 bits per heavy atom. The smallest absolute Gasteiger partial charge is 0.236 e. The fourth-order valence-electron chi connectivity index (χ4n) is 2.20. The SMILES string of the molecule is O=C(CN[C@@H](CO)c1cc(F)c(F)c(F)c1)N1CCOCC1. The first-order valence-corrected chi connectivity index (χ1v) is 6.87. The van der Waals surface area contributed by atoms with Crippen LogP contribution in [0.3, 0.4) is 0 Å². The van der Waals surface area contributed by atoms with Crippen LogP contribution in [0.25, 0.3) is 0 Å². The Hall–Kier alpha value is -1.64. The number of amides is 1. The maximum absolute atomic E-state index is 13.2. The van der Waals surface area contributed by atoms with Crippen LogP contribution in [0.2, 0.25) is 0 Å². The zero-order valence-corrected chi connectivity index (χ0v) is 11.8. The maximum Gasteiger partial charge on any atom is 0.236 e. The van der Waals surface area contributed by atoms with Crippen LogP contribution in [0.15, 0.2) is 12.1 Å². The molecule has 0 spiro atoms. The zero-order valence-electron chi connectivity index (χ0n) is 11.8. The van der Waals surface area contributed by atoms with Gasteiger partial charge in [-0.1, -0.05) is 0 Å². The second-order valence-electron chi connectivity index (χ2n) is 4.91. The monoisotopic (exact) mass is 318 g/mol. The van der Waals surface area contributed by atoms with Crippen LogP contribution in [0.1, 0.15) is 11.6 Å². The van der Waals surface area contributed by atoms with Gasteiger partial charge in [0.1, 0.15) is 0 Å². The molecule has 8 heteroatoms. The lowest BCUT2D eigenvalue weighted by Gasteiger charge is -2.27. The number of hydrogen-bond acceptors (Lipinski definition) is 4. The molecule has 2 N–H and O–H groups in total. The molecular formula is C14H17F3N2O3. The topological polar surface area (TPSA) is 61.8 Å². The molecule has 1 aliphatic rings. The Balaban J connectivity index is 1.98. The van der Waals surface area contributed by atoms with Crippen molar-refractivity contribution in [1.29, 1.82) is 0 Å². The second-order valence-corrected chi connectivity index (χ2v) is 4.91. The van der Waals surface area contributed by atoms with Gasteiger partial charge in [0.15, 0.2) is 17.5 Å². The molecule has 2 rings (SSSR count). The fraction of sp³-hybridized carbons (Fsp3) is 0.500. The Morgan fingerprint density at radius 2 is 1.86 bits per heavy atom. The Labute approximate surface area is 125 Å². The number of carbonyl (C=O) groups is 1. The van der Waals surface area contributed by atoms with Crippen molar-refractivity contribution in [1.82, 2.24) is 10.2 Å². The number of ether oxygens (including phenoxy) is 1. The van der Waals surface area contributed by atoms with Crippen LogP contribution in [0, 0.1) is 17.5 Å². The van der Waals surface area contributed by atoms with Crippen molar-refractivity contribution in [2.24, 2.45) is 0 Å². The number of aliphatic hydroxyl groups excluding tert-OH is 1. The normalized spacial score (nSPS) is 16.6. The van der Waals surface area contributed by atoms with E-state index in [4.69, 9.17) is 4.74 Å². The minimum absolute atomic E-state index is 0.0358. The van der Waals surface area contributed by atoms with E-state index in [-0.39, 0.29) is 18.0 Å². The molecule has 5 nitrogen and oxygen atoms in total. The summed E-state index contributed by atoms with van der Waals surface area (Å²) < 4.78 is 44.5. The lowest BCUT2D eigenvalue weighted by atomic mass is 10.1. The van der Waals surface area contributed by atoms with Crippen LogP contribution in [-0.4, -0.2) is 55.4 Å². The van der Waals surface area contributed by atoms with Gasteiger partial charge in [-0.05, 0) is 17.7 Å². The summed E-state index contributed by atoms with van der Waals surface area (Å²) in [7, 11) is 0. The summed E-state index contributed by atoms with van der Waals surface area (Å²) in [6, 6.07) is 0.728. The van der Waals surface area contributed by atoms with Gasteiger partial charge in [0.05, 0.1) is 32.4 Å². The van der Waals surface area contributed by atoms with Crippen molar-refractivity contribution < 1.29 is 27.8 Å². The van der Waals surface area contributed by atoms with Gasteiger partial charge in [0.2, 0.25) is 5.91 Å². The number of halogens is 3. The molecule has 0 aromatic heterocycles. The molecule has 1 heterocycles. The Bertz CT molecular complexity index is 513. The third-order valence-corrected chi connectivity index (χ3v) is 3.45. The Kier molecular flexibility index (Phi) is 5.76. The average molecular weight is 318 g/mol. The minimum Gasteiger partial charge on any atom is -0.394 e. The molecule has 1 aliphatic heterocycles. The number of nitrogens with one attached hydrogen (secondary N) is 1. The first kappa shape index (κ1) is 16.7. The van der Waals surface area contributed by atoms with E-state index in [1.807, 2.05) is 0 Å². The molecule has 0 bridgehead atoms. The summed E-state index contributed by atoms with van der Waals surface area (Å²) in [4.78, 5) is 13.5. The van der Waals surface area contributed by atoms with Gasteiger partial charge in [0, 0.05) is 13.1 Å². The molecule has 1 atom stereocenters. The number of rotatable bonds is 5. The predicted molar refractivity (Wildman–Crippen MR) is 71.5 cm³/mol. The van der Waals surface area contributed by atoms with E-state index in [0.717, 1.165) is 12.1 Å². The molecular weight excluding hydrogens is 301 g/mol. The molecule has 0 radical (unpaired) electrons. The van der Waals surface area contributed by atoms with Crippen molar-refractivity contribution in [3.05, 3.63) is 35.1 Å². The summed E-state index contributed by atoms with van der Waals surface area (Å²) in [5.41, 5.74) is 0.0358. The summed E-state index contributed by atoms with van der Waals surface area (Å²) in [6.45, 7) is 1.29. The van der Waals surface area contributed by atoms with Gasteiger partial charge in [-0.15, -0.1) is 0 Å². The highest BCUT2D eigenvalue weighted by atomic mass is 19.2. The molecule has 1 fully saturated rings. The van der Waals surface area contributed by atoms with E-state index in [9.17, 15) is 23.1 Å². The molecule has 1 saturated heterocycles. The van der Waals surface area contributed by atoms with Gasteiger partial charge in [-0.3, -0.25) is 10.1 Å². The van der Waals surface area contributed by atoms with Crippen LogP contribution in [0.4, 0.5) is 13.2 Å². The fourth-order valence-corrected chi connectivity index (χ4v) is 2.20. The number of morpholine rings is 1. The third-order valence-electron chi connectivity index (χ3n) is 3.45. The largest absolute Gasteiger partial charge is 0.394 e. The van der Waals surface area contributed by atoms with Crippen molar-refractivity contribution >= 4 is 5.91 Å². The highest BCUT2D eigenvalue weighted by Gasteiger charge is 2.20. The Morgan fingerprint density at radius 3 is 2.41 bits per heavy atom. The maximum atomic E-state index is 13.2. The van der Waals surface area contributed by atoms with Gasteiger partial charge < -0.3 is 14.7 Å². The number of carbonyl (C=O) groups excluding carboxylic acids is 1. The second kappa shape index (κ2) is 7.57. The standard InChI is InChI=1S/C14H17F3N2O3/c15-10-5-9(6-11(16)14(10)17)12(8-20)18-7-13(21)19-1-3-22-4-2-19/h5-6,12,18,20H,1-4,7-8H2/t12-/m0/s1. The van der Waals surface area contributed by atoms with E-state index in [1.54, 1.807) is 4.90 Å². The minimum atomic E-state index is -1.56. The summed E-state index contributed by atoms with van der Waals surface area (Å²) in [5.74, 6) is -4.45. The van der Waals surface area contributed by atoms with E-state index < -0.39 is 30.1 Å². The number of aliphatic hydroxyl groups is 1. The van der Waals surface area contributed by atoms with Crippen molar-refractivity contribution in [2.75, 3.05) is 39.5 Å². The van der Waals surface area contributed by atoms with Crippen LogP contribution < -0.4 is 5.32 Å². The highest BCUT2D eigenvalue weighted by Crippen LogP contribution is 2.19. The average Bonchev–Trinajstić information content (AvgIpc) is 2.53. The molecule has 0 aliphatic carbocycles. The van der Waals surface area contributed by atoms with Crippen molar-refractivity contribution in [2.45, 2.75) is 6.04 Å². The van der Waals surface area contributed by atoms with Gasteiger partial charge in [-0.2, -0.15) is 0 Å². The van der Waals surface area contributed by atoms with E-state index in [1.165, 1.54) is 0 Å². The molecule has 1 aromatic rings. The van der Waals surface area contributed by atoms with Crippen LogP contribution in [0.5, 0.6) is 0 Å². The molecule has 0 unspecified atom stereocenters. The molecule has 0 saturated carbocycles. The lowest BCUT2D eigenvalue weighted by molar-refractivity contribution is -0.134.